The molecular weight excluding hydrogens is 773 g/mol. The van der Waals surface area contributed by atoms with Crippen molar-refractivity contribution in [2.75, 3.05) is 0 Å². The van der Waals surface area contributed by atoms with Crippen molar-refractivity contribution in [3.63, 3.8) is 0 Å². The molecule has 63 heavy (non-hydrogen) atoms. The monoisotopic (exact) mass is 804 g/mol. The highest BCUT2D eigenvalue weighted by Gasteiger charge is 2.27. The molecule has 0 radical (unpaired) electrons. The quantitative estimate of drug-likeness (QED) is 0.177. The highest BCUT2D eigenvalue weighted by molar-refractivity contribution is 6.24. The summed E-state index contributed by atoms with van der Waals surface area (Å²) in [5, 5.41) is 29.4. The molecule has 6 heteroatoms. The maximum atomic E-state index is 11.2. The summed E-state index contributed by atoms with van der Waals surface area (Å²) in [7, 11) is 0. The Hall–Kier alpha value is -8.84. The molecule has 0 atom stereocenters. The van der Waals surface area contributed by atoms with E-state index in [2.05, 4.69) is 130 Å². The zero-order chi connectivity index (χ0) is 41.8. The van der Waals surface area contributed by atoms with Crippen LogP contribution >= 0.6 is 0 Å². The summed E-state index contributed by atoms with van der Waals surface area (Å²) in [4.78, 5) is 0. The number of allylic oxidation sites excluding steroid dienone is 2. The van der Waals surface area contributed by atoms with Gasteiger partial charge in [-0.2, -0.15) is 10.5 Å². The van der Waals surface area contributed by atoms with E-state index in [1.165, 1.54) is 5.57 Å². The van der Waals surface area contributed by atoms with Crippen molar-refractivity contribution < 1.29 is 8.83 Å². The van der Waals surface area contributed by atoms with E-state index in [0.717, 1.165) is 111 Å². The van der Waals surface area contributed by atoms with Gasteiger partial charge in [-0.1, -0.05) is 109 Å². The van der Waals surface area contributed by atoms with Crippen molar-refractivity contribution in [2.45, 2.75) is 6.42 Å². The number of hydrogen-bond acceptors (Lipinski definition) is 4. The van der Waals surface area contributed by atoms with Crippen LogP contribution in [0.3, 0.4) is 0 Å². The van der Waals surface area contributed by atoms with E-state index >= 15 is 0 Å². The van der Waals surface area contributed by atoms with E-state index in [-0.39, 0.29) is 0 Å². The van der Waals surface area contributed by atoms with Gasteiger partial charge in [-0.25, -0.2) is 0 Å². The number of nitriles is 2. The molecule has 292 valence electrons. The number of rotatable bonds is 4. The summed E-state index contributed by atoms with van der Waals surface area (Å²) in [5.41, 5.74) is 14.3. The minimum absolute atomic E-state index is 0.429. The van der Waals surface area contributed by atoms with Crippen molar-refractivity contribution in [3.05, 3.63) is 198 Å². The molecule has 4 aromatic heterocycles. The molecule has 12 aromatic rings. The van der Waals surface area contributed by atoms with Crippen LogP contribution in [0.2, 0.25) is 0 Å². The van der Waals surface area contributed by atoms with Gasteiger partial charge in [-0.15, -0.1) is 0 Å². The van der Waals surface area contributed by atoms with Crippen LogP contribution in [-0.4, -0.2) is 9.13 Å². The van der Waals surface area contributed by atoms with E-state index in [0.29, 0.717) is 22.5 Å². The van der Waals surface area contributed by atoms with Gasteiger partial charge in [0.2, 0.25) is 0 Å². The van der Waals surface area contributed by atoms with Gasteiger partial charge in [-0.3, -0.25) is 0 Å². The molecule has 1 aliphatic carbocycles. The summed E-state index contributed by atoms with van der Waals surface area (Å²) in [5.74, 6) is 0. The maximum absolute atomic E-state index is 11.2. The first kappa shape index (κ1) is 35.0. The lowest BCUT2D eigenvalue weighted by atomic mass is 10.00. The number of para-hydroxylation sites is 2. The molecule has 4 heterocycles. The third kappa shape index (κ3) is 5.04. The van der Waals surface area contributed by atoms with Crippen LogP contribution in [0.25, 0.3) is 117 Å². The summed E-state index contributed by atoms with van der Waals surface area (Å²) in [6.45, 7) is 0. The topological polar surface area (TPSA) is 83.7 Å². The third-order valence-electron chi connectivity index (χ3n) is 12.8. The van der Waals surface area contributed by atoms with Gasteiger partial charge in [0.15, 0.2) is 0 Å². The average molecular weight is 805 g/mol. The maximum Gasteiger partial charge on any atom is 0.145 e. The molecule has 0 spiro atoms. The van der Waals surface area contributed by atoms with Crippen molar-refractivity contribution in [1.29, 1.82) is 10.5 Å². The Balaban J connectivity index is 1.10. The lowest BCUT2D eigenvalue weighted by molar-refractivity contribution is 0.672. The average Bonchev–Trinajstić information content (AvgIpc) is 4.04. The highest BCUT2D eigenvalue weighted by atomic mass is 16.3. The molecule has 0 saturated heterocycles. The summed E-state index contributed by atoms with van der Waals surface area (Å²) < 4.78 is 17.6. The third-order valence-corrected chi connectivity index (χ3v) is 12.8. The lowest BCUT2D eigenvalue weighted by Crippen LogP contribution is -2.05. The van der Waals surface area contributed by atoms with Crippen LogP contribution in [0, 0.1) is 22.7 Å². The zero-order valence-corrected chi connectivity index (χ0v) is 33.6. The van der Waals surface area contributed by atoms with Crippen LogP contribution < -0.4 is 0 Å². The smallest absolute Gasteiger partial charge is 0.145 e. The Morgan fingerprint density at radius 2 is 1.02 bits per heavy atom. The van der Waals surface area contributed by atoms with E-state index in [4.69, 9.17) is 8.83 Å². The minimum Gasteiger partial charge on any atom is -0.455 e. The predicted octanol–water partition coefficient (Wildman–Crippen LogP) is 14.9. The number of hydrogen-bond donors (Lipinski definition) is 0. The van der Waals surface area contributed by atoms with E-state index in [1.54, 1.807) is 0 Å². The Morgan fingerprint density at radius 1 is 0.460 bits per heavy atom. The van der Waals surface area contributed by atoms with Gasteiger partial charge < -0.3 is 18.0 Å². The van der Waals surface area contributed by atoms with Gasteiger partial charge in [0.05, 0.1) is 55.5 Å². The fourth-order valence-electron chi connectivity index (χ4n) is 10.0. The second-order valence-corrected chi connectivity index (χ2v) is 16.2. The molecule has 1 aliphatic rings. The Morgan fingerprint density at radius 3 is 1.67 bits per heavy atom. The second-order valence-electron chi connectivity index (χ2n) is 16.2. The molecule has 13 rings (SSSR count). The first-order chi connectivity index (χ1) is 31.2. The van der Waals surface area contributed by atoms with Crippen molar-refractivity contribution in [2.24, 2.45) is 0 Å². The van der Waals surface area contributed by atoms with Gasteiger partial charge in [0.25, 0.3) is 0 Å². The molecule has 0 bridgehead atoms. The SMILES string of the molecule is N#Cc1cc(-n2c3ccc(-c4ccccc4)cc3c3c4oc5ccccc5c4ccc32)c(C#N)cc1-n1c2c(c3c4oc5ccccc5c4ccc31)C=C(c1ccccc1)CC=C2. The van der Waals surface area contributed by atoms with Crippen molar-refractivity contribution in [1.82, 2.24) is 9.13 Å². The molecular formula is C57H32N4O2. The Bertz CT molecular complexity index is 4070. The second kappa shape index (κ2) is 13.3. The lowest BCUT2D eigenvalue weighted by Gasteiger charge is -2.16. The van der Waals surface area contributed by atoms with Gasteiger partial charge in [-0.05, 0) is 101 Å². The number of nitrogens with zero attached hydrogens (tertiary/aromatic N) is 4. The largest absolute Gasteiger partial charge is 0.455 e. The summed E-state index contributed by atoms with van der Waals surface area (Å²) in [6.07, 6.45) is 7.32. The van der Waals surface area contributed by atoms with Crippen molar-refractivity contribution in [3.8, 4) is 34.6 Å². The van der Waals surface area contributed by atoms with Crippen LogP contribution in [0.4, 0.5) is 0 Å². The predicted molar refractivity (Wildman–Crippen MR) is 255 cm³/mol. The Kier molecular flexibility index (Phi) is 7.40. The normalized spacial score (nSPS) is 12.7. The van der Waals surface area contributed by atoms with Crippen LogP contribution in [-0.2, 0) is 0 Å². The van der Waals surface area contributed by atoms with E-state index < -0.39 is 0 Å². The molecule has 0 amide bonds. The summed E-state index contributed by atoms with van der Waals surface area (Å²) >= 11 is 0. The first-order valence-corrected chi connectivity index (χ1v) is 21.0. The number of furan rings is 2. The van der Waals surface area contributed by atoms with Crippen LogP contribution in [0.1, 0.15) is 34.4 Å². The van der Waals surface area contributed by atoms with Crippen molar-refractivity contribution >= 4 is 94.3 Å². The highest BCUT2D eigenvalue weighted by Crippen LogP contribution is 2.45. The molecule has 6 nitrogen and oxygen atoms in total. The molecule has 0 saturated carbocycles. The molecule has 0 fully saturated rings. The number of aromatic nitrogens is 2. The van der Waals surface area contributed by atoms with Gasteiger partial charge in [0.1, 0.15) is 34.5 Å². The molecule has 0 unspecified atom stereocenters. The fraction of sp³-hybridized carbons (Fsp3) is 0.0175. The first-order valence-electron chi connectivity index (χ1n) is 21.0. The van der Waals surface area contributed by atoms with E-state index in [9.17, 15) is 10.5 Å². The Labute approximate surface area is 360 Å². The minimum atomic E-state index is 0.429. The molecule has 8 aromatic carbocycles. The van der Waals surface area contributed by atoms with Crippen LogP contribution in [0.5, 0.6) is 0 Å². The molecule has 0 N–H and O–H groups in total. The number of benzene rings is 8. The summed E-state index contributed by atoms with van der Waals surface area (Å²) in [6, 6.07) is 60.8. The molecule has 0 aliphatic heterocycles. The van der Waals surface area contributed by atoms with Gasteiger partial charge in [0, 0.05) is 32.5 Å². The number of fused-ring (bicyclic) bond motifs is 14. The van der Waals surface area contributed by atoms with E-state index in [1.807, 2.05) is 72.8 Å². The standard InChI is InChI=1S/C57H32N4O2/c58-32-38-31-51(61-47-25-22-37(35-14-5-2-6-15-35)29-45(47)55-49(61)27-24-43-41-18-8-10-21-53(41)63-57(43)55)39(33-59)30-50(38)60-46-19-11-16-36(34-12-3-1-4-13-34)28-44(46)54-48(60)26-23-42-40-17-7-9-20-52(40)62-56(42)54/h1-15,17-31H,16H2. The van der Waals surface area contributed by atoms with Crippen LogP contribution in [0.15, 0.2) is 179 Å². The zero-order valence-electron chi connectivity index (χ0n) is 33.6. The van der Waals surface area contributed by atoms with Gasteiger partial charge >= 0.3 is 0 Å². The fourth-order valence-corrected chi connectivity index (χ4v) is 10.0.